The summed E-state index contributed by atoms with van der Waals surface area (Å²) in [6.07, 6.45) is 2.56. The van der Waals surface area contributed by atoms with Crippen molar-refractivity contribution in [2.75, 3.05) is 25.5 Å². The van der Waals surface area contributed by atoms with Crippen LogP contribution in [0.15, 0.2) is 48.7 Å². The molecule has 1 heterocycles. The van der Waals surface area contributed by atoms with Gasteiger partial charge in [-0.05, 0) is 24.3 Å². The molecule has 2 N–H and O–H groups in total. The van der Waals surface area contributed by atoms with Crippen molar-refractivity contribution in [1.29, 1.82) is 0 Å². The summed E-state index contributed by atoms with van der Waals surface area (Å²) in [5, 5.41) is 5.92. The number of aromatic nitrogens is 1. The van der Waals surface area contributed by atoms with Gasteiger partial charge >= 0.3 is 0 Å². The third kappa shape index (κ3) is 4.89. The number of para-hydroxylation sites is 2. The van der Waals surface area contributed by atoms with Crippen LogP contribution >= 0.6 is 0 Å². The van der Waals surface area contributed by atoms with Crippen LogP contribution in [0.2, 0.25) is 0 Å². The van der Waals surface area contributed by atoms with Crippen molar-refractivity contribution in [1.82, 2.24) is 10.3 Å². The van der Waals surface area contributed by atoms with Crippen molar-refractivity contribution in [2.45, 2.75) is 6.42 Å². The standard InChI is InChI=1S/C16H19N3O2/c1-21-15-8-3-2-7-14(15)19-16(20)12-17-11-9-13-6-4-5-10-18-13/h2-8,10,17H,9,11-12H2,1H3,(H,19,20). The van der Waals surface area contributed by atoms with Gasteiger partial charge in [0.05, 0.1) is 19.3 Å². The van der Waals surface area contributed by atoms with Crippen LogP contribution in [0.5, 0.6) is 5.75 Å². The number of nitrogens with one attached hydrogen (secondary N) is 2. The minimum absolute atomic E-state index is 0.0967. The highest BCUT2D eigenvalue weighted by Crippen LogP contribution is 2.22. The van der Waals surface area contributed by atoms with Crippen molar-refractivity contribution in [3.05, 3.63) is 54.4 Å². The van der Waals surface area contributed by atoms with E-state index in [1.165, 1.54) is 0 Å². The van der Waals surface area contributed by atoms with Crippen molar-refractivity contribution >= 4 is 11.6 Å². The van der Waals surface area contributed by atoms with Gasteiger partial charge in [0.2, 0.25) is 5.91 Å². The number of carbonyl (C=O) groups is 1. The number of anilines is 1. The second-order valence-corrected chi connectivity index (χ2v) is 4.50. The van der Waals surface area contributed by atoms with E-state index in [0.29, 0.717) is 18.0 Å². The zero-order chi connectivity index (χ0) is 14.9. The number of amides is 1. The number of benzene rings is 1. The Balaban J connectivity index is 1.72. The fraction of sp³-hybridized carbons (Fsp3) is 0.250. The molecule has 0 atom stereocenters. The van der Waals surface area contributed by atoms with Crippen molar-refractivity contribution in [2.24, 2.45) is 0 Å². The average Bonchev–Trinajstić information content (AvgIpc) is 2.53. The Labute approximate surface area is 124 Å². The molecule has 1 aromatic heterocycles. The molecule has 2 rings (SSSR count). The highest BCUT2D eigenvalue weighted by atomic mass is 16.5. The zero-order valence-corrected chi connectivity index (χ0v) is 12.0. The summed E-state index contributed by atoms with van der Waals surface area (Å²) in [5.74, 6) is 0.555. The van der Waals surface area contributed by atoms with Crippen LogP contribution in [0.4, 0.5) is 5.69 Å². The minimum atomic E-state index is -0.0967. The number of pyridine rings is 1. The maximum Gasteiger partial charge on any atom is 0.238 e. The van der Waals surface area contributed by atoms with Crippen LogP contribution in [0.25, 0.3) is 0 Å². The SMILES string of the molecule is COc1ccccc1NC(=O)CNCCc1ccccn1. The Hall–Kier alpha value is -2.40. The van der Waals surface area contributed by atoms with Gasteiger partial charge in [-0.1, -0.05) is 18.2 Å². The number of ether oxygens (including phenoxy) is 1. The lowest BCUT2D eigenvalue weighted by Crippen LogP contribution is -2.29. The monoisotopic (exact) mass is 285 g/mol. The van der Waals surface area contributed by atoms with Gasteiger partial charge in [-0.15, -0.1) is 0 Å². The first-order valence-electron chi connectivity index (χ1n) is 6.83. The quantitative estimate of drug-likeness (QED) is 0.762. The van der Waals surface area contributed by atoms with Crippen LogP contribution < -0.4 is 15.4 Å². The molecule has 0 unspecified atom stereocenters. The smallest absolute Gasteiger partial charge is 0.238 e. The average molecular weight is 285 g/mol. The third-order valence-electron chi connectivity index (χ3n) is 2.95. The Morgan fingerprint density at radius 1 is 1.19 bits per heavy atom. The normalized spacial score (nSPS) is 10.1. The summed E-state index contributed by atoms with van der Waals surface area (Å²) in [6.45, 7) is 0.960. The molecule has 0 fully saturated rings. The highest BCUT2D eigenvalue weighted by molar-refractivity contribution is 5.93. The summed E-state index contributed by atoms with van der Waals surface area (Å²) >= 11 is 0. The van der Waals surface area contributed by atoms with Crippen LogP contribution in [0.1, 0.15) is 5.69 Å². The molecule has 1 aromatic carbocycles. The van der Waals surface area contributed by atoms with Crippen molar-refractivity contribution in [3.8, 4) is 5.75 Å². The molecule has 5 heteroatoms. The van der Waals surface area contributed by atoms with Gasteiger partial charge in [0.15, 0.2) is 0 Å². The third-order valence-corrected chi connectivity index (χ3v) is 2.95. The molecule has 0 aliphatic heterocycles. The number of nitrogens with zero attached hydrogens (tertiary/aromatic N) is 1. The van der Waals surface area contributed by atoms with Gasteiger partial charge < -0.3 is 15.4 Å². The van der Waals surface area contributed by atoms with Crippen LogP contribution in [0, 0.1) is 0 Å². The molecule has 0 saturated heterocycles. The lowest BCUT2D eigenvalue weighted by molar-refractivity contribution is -0.115. The van der Waals surface area contributed by atoms with Gasteiger partial charge in [-0.25, -0.2) is 0 Å². The molecule has 110 valence electrons. The summed E-state index contributed by atoms with van der Waals surface area (Å²) in [4.78, 5) is 16.1. The molecule has 5 nitrogen and oxygen atoms in total. The van der Waals surface area contributed by atoms with Crippen LogP contribution in [0.3, 0.4) is 0 Å². The van der Waals surface area contributed by atoms with Gasteiger partial charge in [-0.3, -0.25) is 9.78 Å². The maximum atomic E-state index is 11.8. The molecule has 0 radical (unpaired) electrons. The number of rotatable bonds is 7. The van der Waals surface area contributed by atoms with Gasteiger partial charge in [0, 0.05) is 24.9 Å². The van der Waals surface area contributed by atoms with E-state index in [2.05, 4.69) is 15.6 Å². The predicted molar refractivity (Wildman–Crippen MR) is 82.4 cm³/mol. The van der Waals surface area contributed by atoms with Gasteiger partial charge in [0.1, 0.15) is 5.75 Å². The van der Waals surface area contributed by atoms with Crippen LogP contribution in [-0.2, 0) is 11.2 Å². The fourth-order valence-electron chi connectivity index (χ4n) is 1.91. The Kier molecular flexibility index (Phi) is 5.72. The largest absolute Gasteiger partial charge is 0.495 e. The molecule has 0 spiro atoms. The topological polar surface area (TPSA) is 63.2 Å². The zero-order valence-electron chi connectivity index (χ0n) is 12.0. The molecule has 21 heavy (non-hydrogen) atoms. The summed E-state index contributed by atoms with van der Waals surface area (Å²) in [5.41, 5.74) is 1.69. The van der Waals surface area contributed by atoms with E-state index in [-0.39, 0.29) is 12.5 Å². The molecule has 0 aliphatic rings. The van der Waals surface area contributed by atoms with Gasteiger partial charge in [-0.2, -0.15) is 0 Å². The lowest BCUT2D eigenvalue weighted by atomic mass is 10.2. The number of methoxy groups -OCH3 is 1. The summed E-state index contributed by atoms with van der Waals surface area (Å²) < 4.78 is 5.19. The van der Waals surface area contributed by atoms with E-state index < -0.39 is 0 Å². The number of carbonyl (C=O) groups excluding carboxylic acids is 1. The van der Waals surface area contributed by atoms with E-state index in [0.717, 1.165) is 12.1 Å². The second kappa shape index (κ2) is 8.01. The highest BCUT2D eigenvalue weighted by Gasteiger charge is 2.06. The minimum Gasteiger partial charge on any atom is -0.495 e. The van der Waals surface area contributed by atoms with Crippen LogP contribution in [-0.4, -0.2) is 31.1 Å². The van der Waals surface area contributed by atoms with E-state index in [1.54, 1.807) is 13.3 Å². The summed E-state index contributed by atoms with van der Waals surface area (Å²) in [6, 6.07) is 13.1. The molecule has 2 aromatic rings. The fourth-order valence-corrected chi connectivity index (χ4v) is 1.91. The maximum absolute atomic E-state index is 11.8. The first-order valence-corrected chi connectivity index (χ1v) is 6.83. The van der Waals surface area contributed by atoms with E-state index in [4.69, 9.17) is 4.74 Å². The van der Waals surface area contributed by atoms with Crippen molar-refractivity contribution in [3.63, 3.8) is 0 Å². The molecule has 1 amide bonds. The molecule has 0 saturated carbocycles. The lowest BCUT2D eigenvalue weighted by Gasteiger charge is -2.10. The second-order valence-electron chi connectivity index (χ2n) is 4.50. The van der Waals surface area contributed by atoms with Gasteiger partial charge in [0.25, 0.3) is 0 Å². The first kappa shape index (κ1) is 15.0. The molecule has 0 aliphatic carbocycles. The Bertz CT molecular complexity index is 573. The first-order chi connectivity index (χ1) is 10.3. The predicted octanol–water partition coefficient (Wildman–Crippen LogP) is 1.86. The van der Waals surface area contributed by atoms with E-state index >= 15 is 0 Å². The molecular formula is C16H19N3O2. The molecular weight excluding hydrogens is 266 g/mol. The Morgan fingerprint density at radius 3 is 2.76 bits per heavy atom. The number of hydrogen-bond donors (Lipinski definition) is 2. The van der Waals surface area contributed by atoms with E-state index in [9.17, 15) is 4.79 Å². The summed E-state index contributed by atoms with van der Waals surface area (Å²) in [7, 11) is 1.58. The number of hydrogen-bond acceptors (Lipinski definition) is 4. The van der Waals surface area contributed by atoms with Crippen molar-refractivity contribution < 1.29 is 9.53 Å². The van der Waals surface area contributed by atoms with E-state index in [1.807, 2.05) is 42.5 Å². The molecule has 0 bridgehead atoms. The Morgan fingerprint density at radius 2 is 2.00 bits per heavy atom.